The molecule has 30 heavy (non-hydrogen) atoms. The molecule has 10 heteroatoms. The first kappa shape index (κ1) is 20.9. The van der Waals surface area contributed by atoms with Crippen LogP contribution < -0.4 is 9.47 Å². The van der Waals surface area contributed by atoms with E-state index in [1.807, 2.05) is 35.7 Å². The predicted octanol–water partition coefficient (Wildman–Crippen LogP) is 4.98. The molecule has 4 aromatic rings. The summed E-state index contributed by atoms with van der Waals surface area (Å²) in [5.41, 5.74) is 3.37. The van der Waals surface area contributed by atoms with E-state index in [-0.39, 0.29) is 5.28 Å². The first-order valence-electron chi connectivity index (χ1n) is 8.92. The number of methoxy groups -OCH3 is 2. The fourth-order valence-electron chi connectivity index (χ4n) is 3.36. The van der Waals surface area contributed by atoms with Crippen molar-refractivity contribution >= 4 is 51.5 Å². The molecule has 0 fully saturated rings. The number of fused-ring (bicyclic) bond motifs is 3. The minimum absolute atomic E-state index is 0.151. The van der Waals surface area contributed by atoms with Crippen molar-refractivity contribution < 1.29 is 9.47 Å². The highest BCUT2D eigenvalue weighted by Crippen LogP contribution is 2.47. The van der Waals surface area contributed by atoms with E-state index in [0.29, 0.717) is 50.5 Å². The summed E-state index contributed by atoms with van der Waals surface area (Å²) < 4.78 is 12.7. The quantitative estimate of drug-likeness (QED) is 0.386. The van der Waals surface area contributed by atoms with Crippen LogP contribution in [0, 0.1) is 0 Å². The molecule has 0 aliphatic rings. The lowest BCUT2D eigenvalue weighted by atomic mass is 10.0. The van der Waals surface area contributed by atoms with Crippen molar-refractivity contribution in [2.75, 3.05) is 28.3 Å². The van der Waals surface area contributed by atoms with Crippen molar-refractivity contribution in [3.05, 3.63) is 45.5 Å². The summed E-state index contributed by atoms with van der Waals surface area (Å²) in [6.07, 6.45) is 3.57. The second-order valence-electron chi connectivity index (χ2n) is 6.92. The van der Waals surface area contributed by atoms with Gasteiger partial charge in [0, 0.05) is 41.5 Å². The van der Waals surface area contributed by atoms with Gasteiger partial charge in [0.1, 0.15) is 17.1 Å². The molecule has 0 saturated heterocycles. The molecule has 0 aliphatic heterocycles. The fourth-order valence-corrected chi connectivity index (χ4v) is 4.20. The zero-order valence-electron chi connectivity index (χ0n) is 16.7. The lowest BCUT2D eigenvalue weighted by molar-refractivity contribution is 0.395. The topological polar surface area (TPSA) is 64.8 Å². The first-order valence-corrected chi connectivity index (χ1v) is 10.1. The van der Waals surface area contributed by atoms with Crippen LogP contribution in [0.3, 0.4) is 0 Å². The van der Waals surface area contributed by atoms with Crippen LogP contribution in [0.5, 0.6) is 11.5 Å². The smallest absolute Gasteiger partial charge is 0.224 e. The maximum absolute atomic E-state index is 6.68. The SMILES string of the molecule is COc1cc(OC)c(Cl)c(-c2cc3cnc(Cl)nc3n3cc(CN(C)C)nc23)c1Cl. The summed E-state index contributed by atoms with van der Waals surface area (Å²) in [5.74, 6) is 0.886. The molecule has 0 radical (unpaired) electrons. The van der Waals surface area contributed by atoms with E-state index in [0.717, 1.165) is 11.1 Å². The second kappa shape index (κ2) is 8.07. The third-order valence-corrected chi connectivity index (χ3v) is 5.55. The Morgan fingerprint density at radius 1 is 0.967 bits per heavy atom. The van der Waals surface area contributed by atoms with Gasteiger partial charge in [0.2, 0.25) is 5.28 Å². The Hall–Kier alpha value is -2.32. The minimum Gasteiger partial charge on any atom is -0.495 e. The fraction of sp³-hybridized carbons (Fsp3) is 0.250. The molecule has 0 unspecified atom stereocenters. The Morgan fingerprint density at radius 3 is 2.23 bits per heavy atom. The Morgan fingerprint density at radius 2 is 1.63 bits per heavy atom. The Bertz CT molecular complexity index is 1240. The van der Waals surface area contributed by atoms with E-state index in [2.05, 4.69) is 9.97 Å². The summed E-state index contributed by atoms with van der Waals surface area (Å²) in [7, 11) is 7.02. The van der Waals surface area contributed by atoms with Crippen LogP contribution >= 0.6 is 34.8 Å². The maximum atomic E-state index is 6.68. The van der Waals surface area contributed by atoms with Gasteiger partial charge in [0.25, 0.3) is 0 Å². The molecule has 1 aromatic carbocycles. The molecule has 7 nitrogen and oxygen atoms in total. The molecular formula is C20H18Cl3N5O2. The van der Waals surface area contributed by atoms with Gasteiger partial charge in [0.15, 0.2) is 5.65 Å². The summed E-state index contributed by atoms with van der Waals surface area (Å²) in [4.78, 5) is 15.4. The number of hydrogen-bond acceptors (Lipinski definition) is 6. The van der Waals surface area contributed by atoms with Gasteiger partial charge in [-0.25, -0.2) is 9.97 Å². The van der Waals surface area contributed by atoms with Crippen molar-refractivity contribution in [3.8, 4) is 22.6 Å². The van der Waals surface area contributed by atoms with Crippen LogP contribution in [-0.2, 0) is 6.54 Å². The zero-order valence-corrected chi connectivity index (χ0v) is 19.0. The van der Waals surface area contributed by atoms with Gasteiger partial charge in [-0.1, -0.05) is 23.2 Å². The average Bonchev–Trinajstić information content (AvgIpc) is 3.12. The van der Waals surface area contributed by atoms with Crippen LogP contribution in [0.4, 0.5) is 0 Å². The number of pyridine rings is 1. The summed E-state index contributed by atoms with van der Waals surface area (Å²) >= 11 is 19.4. The van der Waals surface area contributed by atoms with Crippen LogP contribution in [0.2, 0.25) is 15.3 Å². The third-order valence-electron chi connectivity index (χ3n) is 4.61. The highest BCUT2D eigenvalue weighted by atomic mass is 35.5. The molecule has 0 saturated carbocycles. The van der Waals surface area contributed by atoms with Crippen LogP contribution in [0.25, 0.3) is 27.8 Å². The number of rotatable bonds is 5. The van der Waals surface area contributed by atoms with Gasteiger partial charge in [-0.15, -0.1) is 0 Å². The molecule has 0 N–H and O–H groups in total. The molecule has 0 aliphatic carbocycles. The third kappa shape index (κ3) is 3.52. The van der Waals surface area contributed by atoms with Gasteiger partial charge in [0.05, 0.1) is 30.0 Å². The van der Waals surface area contributed by atoms with Crippen LogP contribution in [-0.4, -0.2) is 52.6 Å². The number of imidazole rings is 1. The first-order chi connectivity index (χ1) is 14.3. The van der Waals surface area contributed by atoms with Crippen molar-refractivity contribution in [3.63, 3.8) is 0 Å². The molecule has 3 aromatic heterocycles. The normalized spacial score (nSPS) is 11.6. The van der Waals surface area contributed by atoms with E-state index in [1.165, 1.54) is 14.2 Å². The Kier molecular flexibility index (Phi) is 5.63. The lowest BCUT2D eigenvalue weighted by Gasteiger charge is -2.16. The van der Waals surface area contributed by atoms with Gasteiger partial charge >= 0.3 is 0 Å². The highest BCUT2D eigenvalue weighted by molar-refractivity contribution is 6.41. The van der Waals surface area contributed by atoms with E-state index in [9.17, 15) is 0 Å². The largest absolute Gasteiger partial charge is 0.495 e. The maximum Gasteiger partial charge on any atom is 0.224 e. The lowest BCUT2D eigenvalue weighted by Crippen LogP contribution is -2.10. The standard InChI is InChI=1S/C20H18Cl3N5O2/c1-27(2)8-11-9-28-18-10(7-24-20(23)26-18)5-12(19(28)25-11)15-16(21)13(29-3)6-14(30-4)17(15)22/h5-7,9H,8H2,1-4H3. The zero-order chi connectivity index (χ0) is 21.6. The van der Waals surface area contributed by atoms with Crippen molar-refractivity contribution in [1.82, 2.24) is 24.3 Å². The van der Waals surface area contributed by atoms with Gasteiger partial charge in [-0.3, -0.25) is 4.40 Å². The Balaban J connectivity index is 2.13. The number of hydrogen-bond donors (Lipinski definition) is 0. The summed E-state index contributed by atoms with van der Waals surface area (Å²) in [6.45, 7) is 0.643. The van der Waals surface area contributed by atoms with E-state index in [1.54, 1.807) is 12.3 Å². The number of ether oxygens (including phenoxy) is 2. The van der Waals surface area contributed by atoms with Crippen LogP contribution in [0.1, 0.15) is 5.69 Å². The van der Waals surface area contributed by atoms with E-state index >= 15 is 0 Å². The predicted molar refractivity (Wildman–Crippen MR) is 119 cm³/mol. The van der Waals surface area contributed by atoms with Crippen molar-refractivity contribution in [1.29, 1.82) is 0 Å². The summed E-state index contributed by atoms with van der Waals surface area (Å²) in [6, 6.07) is 3.54. The highest BCUT2D eigenvalue weighted by Gasteiger charge is 2.23. The van der Waals surface area contributed by atoms with Crippen molar-refractivity contribution in [2.45, 2.75) is 6.54 Å². The van der Waals surface area contributed by atoms with Crippen LogP contribution in [0.15, 0.2) is 24.5 Å². The van der Waals surface area contributed by atoms with Gasteiger partial charge < -0.3 is 14.4 Å². The molecule has 0 amide bonds. The average molecular weight is 467 g/mol. The van der Waals surface area contributed by atoms with Gasteiger partial charge in [-0.05, 0) is 31.8 Å². The minimum atomic E-state index is 0.151. The van der Waals surface area contributed by atoms with E-state index in [4.69, 9.17) is 49.3 Å². The number of aromatic nitrogens is 4. The molecule has 0 atom stereocenters. The second-order valence-corrected chi connectivity index (χ2v) is 8.02. The summed E-state index contributed by atoms with van der Waals surface area (Å²) in [5, 5.41) is 1.62. The van der Waals surface area contributed by atoms with E-state index < -0.39 is 0 Å². The molecule has 3 heterocycles. The molecule has 0 bridgehead atoms. The van der Waals surface area contributed by atoms with Gasteiger partial charge in [-0.2, -0.15) is 4.98 Å². The monoisotopic (exact) mass is 465 g/mol. The molecule has 156 valence electrons. The Labute approximate surface area is 188 Å². The number of benzene rings is 1. The molecule has 4 rings (SSSR count). The van der Waals surface area contributed by atoms with Crippen molar-refractivity contribution in [2.24, 2.45) is 0 Å². The molecule has 0 spiro atoms. The number of nitrogens with zero attached hydrogens (tertiary/aromatic N) is 5. The molecular weight excluding hydrogens is 449 g/mol. The number of halogens is 3.